The van der Waals surface area contributed by atoms with E-state index in [1.807, 2.05) is 66.7 Å². The summed E-state index contributed by atoms with van der Waals surface area (Å²) in [5.41, 5.74) is 7.51. The average molecular weight is 505 g/mol. The number of benzene rings is 3. The van der Waals surface area contributed by atoms with Crippen LogP contribution in [0.4, 0.5) is 5.69 Å². The Bertz CT molecular complexity index is 949. The number of hydrogen-bond donors (Lipinski definition) is 3. The first-order valence-corrected chi connectivity index (χ1v) is 8.90. The number of halogens is 1. The van der Waals surface area contributed by atoms with Gasteiger partial charge in [-0.05, 0) is 42.3 Å². The third-order valence-corrected chi connectivity index (χ3v) is 4.05. The van der Waals surface area contributed by atoms with E-state index in [1.165, 1.54) is 7.11 Å². The molecule has 3 aromatic rings. The average Bonchev–Trinajstić information content (AvgIpc) is 2.70. The number of aliphatic imine (C=N–C) groups is 1. The molecule has 0 aliphatic heterocycles. The minimum absolute atomic E-state index is 0. The maximum absolute atomic E-state index is 10.1. The van der Waals surface area contributed by atoms with E-state index in [1.54, 1.807) is 6.07 Å². The van der Waals surface area contributed by atoms with Crippen LogP contribution in [0.15, 0.2) is 77.8 Å². The number of phenolic OH excluding ortho intramolecular Hbond substituents is 1. The molecule has 0 radical (unpaired) electrons. The molecule has 0 fully saturated rings. The standard InChI is InChI=1S/C22H23N3O3.HI/c1-27-20-12-5-7-16(21(20)26)13-14-24-22(23)25-17-8-6-11-19(15-17)28-18-9-3-2-4-10-18;/h2-12,15,26H,13-14H2,1H3,(H3,23,24,25);1H. The Labute approximate surface area is 187 Å². The van der Waals surface area contributed by atoms with E-state index in [0.717, 1.165) is 17.0 Å². The number of rotatable bonds is 7. The normalized spacial score (nSPS) is 10.7. The van der Waals surface area contributed by atoms with Gasteiger partial charge in [-0.2, -0.15) is 0 Å². The molecule has 0 aliphatic carbocycles. The highest BCUT2D eigenvalue weighted by molar-refractivity contribution is 14.0. The number of nitrogens with one attached hydrogen (secondary N) is 1. The molecule has 3 rings (SSSR count). The molecule has 0 saturated heterocycles. The van der Waals surface area contributed by atoms with Gasteiger partial charge in [0.25, 0.3) is 0 Å². The van der Waals surface area contributed by atoms with Crippen LogP contribution in [0.5, 0.6) is 23.0 Å². The first-order chi connectivity index (χ1) is 13.7. The minimum Gasteiger partial charge on any atom is -0.504 e. The van der Waals surface area contributed by atoms with E-state index in [9.17, 15) is 5.11 Å². The highest BCUT2D eigenvalue weighted by Crippen LogP contribution is 2.29. The maximum atomic E-state index is 10.1. The van der Waals surface area contributed by atoms with Crippen molar-refractivity contribution in [3.63, 3.8) is 0 Å². The molecule has 29 heavy (non-hydrogen) atoms. The molecule has 0 aliphatic rings. The topological polar surface area (TPSA) is 89.1 Å². The number of anilines is 1. The monoisotopic (exact) mass is 505 g/mol. The van der Waals surface area contributed by atoms with E-state index in [2.05, 4.69) is 10.3 Å². The molecule has 4 N–H and O–H groups in total. The van der Waals surface area contributed by atoms with Crippen molar-refractivity contribution in [2.75, 3.05) is 19.0 Å². The Kier molecular flexibility index (Phi) is 8.60. The minimum atomic E-state index is 0. The van der Waals surface area contributed by atoms with Gasteiger partial charge in [-0.1, -0.05) is 36.4 Å². The predicted molar refractivity (Wildman–Crippen MR) is 127 cm³/mol. The van der Waals surface area contributed by atoms with Crippen LogP contribution >= 0.6 is 24.0 Å². The van der Waals surface area contributed by atoms with Gasteiger partial charge < -0.3 is 25.6 Å². The van der Waals surface area contributed by atoms with Crippen LogP contribution in [-0.4, -0.2) is 24.7 Å². The maximum Gasteiger partial charge on any atom is 0.193 e. The Morgan fingerprint density at radius 2 is 1.72 bits per heavy atom. The highest BCUT2D eigenvalue weighted by Gasteiger charge is 2.06. The molecule has 0 saturated carbocycles. The van der Waals surface area contributed by atoms with Gasteiger partial charge in [0.15, 0.2) is 17.5 Å². The molecule has 0 amide bonds. The second-order valence-electron chi connectivity index (χ2n) is 6.05. The largest absolute Gasteiger partial charge is 0.504 e. The zero-order valence-corrected chi connectivity index (χ0v) is 18.4. The lowest BCUT2D eigenvalue weighted by molar-refractivity contribution is 0.370. The van der Waals surface area contributed by atoms with Crippen molar-refractivity contribution >= 4 is 35.6 Å². The van der Waals surface area contributed by atoms with Gasteiger partial charge in [0, 0.05) is 18.3 Å². The van der Waals surface area contributed by atoms with E-state index in [4.69, 9.17) is 15.2 Å². The molecular weight excluding hydrogens is 481 g/mol. The number of para-hydroxylation sites is 2. The van der Waals surface area contributed by atoms with Crippen molar-refractivity contribution in [1.29, 1.82) is 0 Å². The fourth-order valence-corrected chi connectivity index (χ4v) is 2.68. The Hall–Kier alpha value is -2.94. The quantitative estimate of drug-likeness (QED) is 0.244. The molecule has 0 spiro atoms. The zero-order valence-electron chi connectivity index (χ0n) is 16.0. The van der Waals surface area contributed by atoms with Gasteiger partial charge in [-0.15, -0.1) is 24.0 Å². The van der Waals surface area contributed by atoms with Crippen LogP contribution in [0.1, 0.15) is 5.56 Å². The second kappa shape index (κ2) is 11.2. The smallest absolute Gasteiger partial charge is 0.193 e. The SMILES string of the molecule is COc1cccc(CCN=C(N)Nc2cccc(Oc3ccccc3)c2)c1O.I. The van der Waals surface area contributed by atoms with E-state index in [-0.39, 0.29) is 29.7 Å². The number of methoxy groups -OCH3 is 1. The van der Waals surface area contributed by atoms with Crippen molar-refractivity contribution in [3.8, 4) is 23.0 Å². The summed E-state index contributed by atoms with van der Waals surface area (Å²) < 4.78 is 10.9. The highest BCUT2D eigenvalue weighted by atomic mass is 127. The summed E-state index contributed by atoms with van der Waals surface area (Å²) in [4.78, 5) is 4.32. The lowest BCUT2D eigenvalue weighted by Crippen LogP contribution is -2.23. The third kappa shape index (κ3) is 6.56. The molecule has 0 heterocycles. The molecular formula is C22H24IN3O3. The summed E-state index contributed by atoms with van der Waals surface area (Å²) in [6, 6.07) is 22.4. The van der Waals surface area contributed by atoms with Crippen molar-refractivity contribution in [2.24, 2.45) is 10.7 Å². The second-order valence-corrected chi connectivity index (χ2v) is 6.05. The fraction of sp³-hybridized carbons (Fsp3) is 0.136. The van der Waals surface area contributed by atoms with E-state index < -0.39 is 0 Å². The third-order valence-electron chi connectivity index (χ3n) is 4.05. The van der Waals surface area contributed by atoms with Gasteiger partial charge in [0.1, 0.15) is 11.5 Å². The van der Waals surface area contributed by atoms with Crippen molar-refractivity contribution in [3.05, 3.63) is 78.4 Å². The van der Waals surface area contributed by atoms with Crippen LogP contribution in [0.25, 0.3) is 0 Å². The Morgan fingerprint density at radius 3 is 2.48 bits per heavy atom. The number of nitrogens with zero attached hydrogens (tertiary/aromatic N) is 1. The number of hydrogen-bond acceptors (Lipinski definition) is 4. The van der Waals surface area contributed by atoms with Gasteiger partial charge in [0.05, 0.1) is 7.11 Å². The number of aromatic hydroxyl groups is 1. The number of nitrogens with two attached hydrogens (primary N) is 1. The van der Waals surface area contributed by atoms with Gasteiger partial charge in [-0.3, -0.25) is 4.99 Å². The van der Waals surface area contributed by atoms with Crippen molar-refractivity contribution in [1.82, 2.24) is 0 Å². The van der Waals surface area contributed by atoms with Crippen LogP contribution in [-0.2, 0) is 6.42 Å². The summed E-state index contributed by atoms with van der Waals surface area (Å²) in [7, 11) is 1.52. The fourth-order valence-electron chi connectivity index (χ4n) is 2.68. The first-order valence-electron chi connectivity index (χ1n) is 8.90. The lowest BCUT2D eigenvalue weighted by Gasteiger charge is -2.10. The van der Waals surface area contributed by atoms with Crippen LogP contribution in [0.2, 0.25) is 0 Å². The van der Waals surface area contributed by atoms with Crippen LogP contribution in [0, 0.1) is 0 Å². The van der Waals surface area contributed by atoms with Crippen molar-refractivity contribution in [2.45, 2.75) is 6.42 Å². The molecule has 3 aromatic carbocycles. The number of phenols is 1. The summed E-state index contributed by atoms with van der Waals surface area (Å²) >= 11 is 0. The van der Waals surface area contributed by atoms with Crippen molar-refractivity contribution < 1.29 is 14.6 Å². The number of guanidine groups is 1. The van der Waals surface area contributed by atoms with Gasteiger partial charge in [0.2, 0.25) is 0 Å². The van der Waals surface area contributed by atoms with Gasteiger partial charge >= 0.3 is 0 Å². The Morgan fingerprint density at radius 1 is 1.00 bits per heavy atom. The molecule has 0 aromatic heterocycles. The van der Waals surface area contributed by atoms with Crippen LogP contribution < -0.4 is 20.5 Å². The molecule has 6 nitrogen and oxygen atoms in total. The molecule has 7 heteroatoms. The summed E-state index contributed by atoms with van der Waals surface area (Å²) in [6.07, 6.45) is 0.544. The summed E-state index contributed by atoms with van der Waals surface area (Å²) in [6.45, 7) is 0.430. The molecule has 0 bridgehead atoms. The number of ether oxygens (including phenoxy) is 2. The summed E-state index contributed by atoms with van der Waals surface area (Å²) in [5, 5.41) is 13.2. The predicted octanol–water partition coefficient (Wildman–Crippen LogP) is 4.78. The summed E-state index contributed by atoms with van der Waals surface area (Å²) in [5.74, 6) is 2.34. The van der Waals surface area contributed by atoms with E-state index in [0.29, 0.717) is 30.4 Å². The van der Waals surface area contributed by atoms with E-state index >= 15 is 0 Å². The van der Waals surface area contributed by atoms with Crippen LogP contribution in [0.3, 0.4) is 0 Å². The molecule has 152 valence electrons. The molecule has 0 atom stereocenters. The first kappa shape index (κ1) is 22.4. The molecule has 0 unspecified atom stereocenters. The zero-order chi connectivity index (χ0) is 19.8. The Balaban J connectivity index is 0.00000300. The lowest BCUT2D eigenvalue weighted by atomic mass is 10.1. The van der Waals surface area contributed by atoms with Gasteiger partial charge in [-0.25, -0.2) is 0 Å².